The van der Waals surface area contributed by atoms with E-state index in [2.05, 4.69) is 20.8 Å². The van der Waals surface area contributed by atoms with Crippen LogP contribution in [0.2, 0.25) is 0 Å². The fourth-order valence-corrected chi connectivity index (χ4v) is 4.72. The summed E-state index contributed by atoms with van der Waals surface area (Å²) in [6, 6.07) is 0. The summed E-state index contributed by atoms with van der Waals surface area (Å²) in [6.07, 6.45) is 18.7. The third-order valence-electron chi connectivity index (χ3n) is 4.61. The summed E-state index contributed by atoms with van der Waals surface area (Å²) < 4.78 is 24.2. The quantitative estimate of drug-likeness (QED) is 0.159. The van der Waals surface area contributed by atoms with E-state index >= 15 is 0 Å². The molecule has 152 valence electrons. The maximum atomic E-state index is 12.8. The van der Waals surface area contributed by atoms with E-state index in [1.54, 1.807) is 0 Å². The molecule has 0 saturated carbocycles. The van der Waals surface area contributed by atoms with Gasteiger partial charge < -0.3 is 9.05 Å². The van der Waals surface area contributed by atoms with Gasteiger partial charge >= 0.3 is 7.60 Å². The van der Waals surface area contributed by atoms with Gasteiger partial charge in [0.1, 0.15) is 0 Å². The second-order valence-corrected chi connectivity index (χ2v) is 9.43. The van der Waals surface area contributed by atoms with Crippen LogP contribution in [0.15, 0.2) is 0 Å². The first kappa shape index (κ1) is 25.1. The summed E-state index contributed by atoms with van der Waals surface area (Å²) in [5, 5.41) is 0. The molecule has 1 atom stereocenters. The Morgan fingerprint density at radius 1 is 0.520 bits per heavy atom. The number of rotatable bonds is 20. The van der Waals surface area contributed by atoms with Crippen molar-refractivity contribution in [3.63, 3.8) is 0 Å². The van der Waals surface area contributed by atoms with Crippen LogP contribution in [-0.4, -0.2) is 19.4 Å². The summed E-state index contributed by atoms with van der Waals surface area (Å²) in [5.74, 6) is 0. The third kappa shape index (κ3) is 17.3. The van der Waals surface area contributed by atoms with E-state index < -0.39 is 7.60 Å². The van der Waals surface area contributed by atoms with Gasteiger partial charge in [-0.3, -0.25) is 4.57 Å². The first-order chi connectivity index (χ1) is 12.2. The van der Waals surface area contributed by atoms with Crippen LogP contribution in [0.5, 0.6) is 0 Å². The van der Waals surface area contributed by atoms with Gasteiger partial charge in [0.25, 0.3) is 0 Å². The van der Waals surface area contributed by atoms with Gasteiger partial charge in [0.05, 0.1) is 19.4 Å². The molecular formula is C21H45O3P. The van der Waals surface area contributed by atoms with Crippen molar-refractivity contribution in [2.24, 2.45) is 0 Å². The van der Waals surface area contributed by atoms with Crippen molar-refractivity contribution in [2.45, 2.75) is 117 Å². The molecule has 0 amide bonds. The zero-order valence-electron chi connectivity index (χ0n) is 17.4. The van der Waals surface area contributed by atoms with Gasteiger partial charge in [-0.05, 0) is 19.3 Å². The maximum Gasteiger partial charge on any atom is 0.330 e. The van der Waals surface area contributed by atoms with Gasteiger partial charge in [-0.25, -0.2) is 0 Å². The molecule has 0 aromatic carbocycles. The van der Waals surface area contributed by atoms with Crippen LogP contribution in [0.25, 0.3) is 0 Å². The predicted octanol–water partition coefficient (Wildman–Crippen LogP) is 8.12. The molecule has 1 unspecified atom stereocenters. The van der Waals surface area contributed by atoms with E-state index in [-0.39, 0.29) is 0 Å². The molecule has 0 aromatic rings. The SMILES string of the molecule is CCCCCCCCCCCOP(=O)(CCCC)OCCCCCC. The average Bonchev–Trinajstić information content (AvgIpc) is 2.61. The van der Waals surface area contributed by atoms with Crippen LogP contribution in [0, 0.1) is 0 Å². The predicted molar refractivity (Wildman–Crippen MR) is 111 cm³/mol. The summed E-state index contributed by atoms with van der Waals surface area (Å²) in [4.78, 5) is 0. The average molecular weight is 377 g/mol. The highest BCUT2D eigenvalue weighted by Gasteiger charge is 2.23. The zero-order chi connectivity index (χ0) is 18.6. The van der Waals surface area contributed by atoms with Gasteiger partial charge in [0, 0.05) is 0 Å². The highest BCUT2D eigenvalue weighted by molar-refractivity contribution is 7.53. The molecule has 0 radical (unpaired) electrons. The molecule has 0 N–H and O–H groups in total. The topological polar surface area (TPSA) is 35.5 Å². The summed E-state index contributed by atoms with van der Waals surface area (Å²) in [5.41, 5.74) is 0. The van der Waals surface area contributed by atoms with Gasteiger partial charge in [-0.2, -0.15) is 0 Å². The Balaban J connectivity index is 3.74. The molecule has 0 rings (SSSR count). The Morgan fingerprint density at radius 3 is 1.32 bits per heavy atom. The number of hydrogen-bond donors (Lipinski definition) is 0. The number of hydrogen-bond acceptors (Lipinski definition) is 3. The van der Waals surface area contributed by atoms with Gasteiger partial charge in [-0.1, -0.05) is 97.8 Å². The third-order valence-corrected chi connectivity index (χ3v) is 6.62. The van der Waals surface area contributed by atoms with Crippen molar-refractivity contribution in [3.8, 4) is 0 Å². The second-order valence-electron chi connectivity index (χ2n) is 7.24. The molecule has 25 heavy (non-hydrogen) atoms. The minimum atomic E-state index is -2.86. The minimum Gasteiger partial charge on any atom is -0.309 e. The lowest BCUT2D eigenvalue weighted by molar-refractivity contribution is 0.197. The van der Waals surface area contributed by atoms with Crippen molar-refractivity contribution in [1.29, 1.82) is 0 Å². The van der Waals surface area contributed by atoms with E-state index in [4.69, 9.17) is 9.05 Å². The Kier molecular flexibility index (Phi) is 19.0. The van der Waals surface area contributed by atoms with Crippen molar-refractivity contribution in [2.75, 3.05) is 19.4 Å². The van der Waals surface area contributed by atoms with Crippen LogP contribution in [0.4, 0.5) is 0 Å². The van der Waals surface area contributed by atoms with Crippen molar-refractivity contribution < 1.29 is 13.6 Å². The Hall–Kier alpha value is 0.150. The largest absolute Gasteiger partial charge is 0.330 e. The summed E-state index contributed by atoms with van der Waals surface area (Å²) >= 11 is 0. The van der Waals surface area contributed by atoms with Crippen LogP contribution < -0.4 is 0 Å². The molecule has 0 heterocycles. The Bertz CT molecular complexity index is 308. The molecule has 0 saturated heterocycles. The van der Waals surface area contributed by atoms with Crippen molar-refractivity contribution >= 4 is 7.60 Å². The van der Waals surface area contributed by atoms with E-state index in [0.29, 0.717) is 19.4 Å². The molecule has 3 nitrogen and oxygen atoms in total. The second kappa shape index (κ2) is 18.9. The normalized spacial score (nSPS) is 13.9. The fourth-order valence-electron chi connectivity index (χ4n) is 2.87. The minimum absolute atomic E-state index is 0.578. The van der Waals surface area contributed by atoms with E-state index in [0.717, 1.165) is 32.1 Å². The van der Waals surface area contributed by atoms with Gasteiger partial charge in [0.2, 0.25) is 0 Å². The standard InChI is InChI=1S/C21H45O3P/c1-4-7-10-12-13-14-15-16-18-20-24-25(22,21-9-6-3)23-19-17-11-8-5-2/h4-21H2,1-3H3. The van der Waals surface area contributed by atoms with Crippen molar-refractivity contribution in [3.05, 3.63) is 0 Å². The molecule has 0 aliphatic heterocycles. The zero-order valence-corrected chi connectivity index (χ0v) is 18.3. The molecule has 0 aliphatic carbocycles. The molecule has 0 aliphatic rings. The van der Waals surface area contributed by atoms with E-state index in [1.807, 2.05) is 0 Å². The Labute approximate surface area is 158 Å². The molecule has 0 spiro atoms. The monoisotopic (exact) mass is 376 g/mol. The molecule has 0 bridgehead atoms. The van der Waals surface area contributed by atoms with Crippen LogP contribution >= 0.6 is 7.60 Å². The highest BCUT2D eigenvalue weighted by Crippen LogP contribution is 2.49. The molecule has 0 aromatic heterocycles. The van der Waals surface area contributed by atoms with Gasteiger partial charge in [0.15, 0.2) is 0 Å². The molecule has 4 heteroatoms. The maximum absolute atomic E-state index is 12.8. The molecular weight excluding hydrogens is 331 g/mol. The van der Waals surface area contributed by atoms with Crippen LogP contribution in [0.1, 0.15) is 117 Å². The fraction of sp³-hybridized carbons (Fsp3) is 1.00. The first-order valence-electron chi connectivity index (χ1n) is 11.1. The lowest BCUT2D eigenvalue weighted by atomic mass is 10.1. The smallest absolute Gasteiger partial charge is 0.309 e. The molecule has 0 fully saturated rings. The van der Waals surface area contributed by atoms with Crippen molar-refractivity contribution in [1.82, 2.24) is 0 Å². The lowest BCUT2D eigenvalue weighted by Crippen LogP contribution is -2.03. The highest BCUT2D eigenvalue weighted by atomic mass is 31.2. The van der Waals surface area contributed by atoms with Crippen LogP contribution in [-0.2, 0) is 13.6 Å². The lowest BCUT2D eigenvalue weighted by Gasteiger charge is -2.18. The van der Waals surface area contributed by atoms with E-state index in [1.165, 1.54) is 64.2 Å². The Morgan fingerprint density at radius 2 is 0.880 bits per heavy atom. The van der Waals surface area contributed by atoms with Crippen LogP contribution in [0.3, 0.4) is 0 Å². The first-order valence-corrected chi connectivity index (χ1v) is 12.8. The summed E-state index contributed by atoms with van der Waals surface area (Å²) in [6.45, 7) is 7.74. The van der Waals surface area contributed by atoms with Gasteiger partial charge in [-0.15, -0.1) is 0 Å². The number of unbranched alkanes of at least 4 members (excludes halogenated alkanes) is 12. The summed E-state index contributed by atoms with van der Waals surface area (Å²) in [7, 11) is -2.86. The van der Waals surface area contributed by atoms with E-state index in [9.17, 15) is 4.57 Å².